The Bertz CT molecular complexity index is 1180. The van der Waals surface area contributed by atoms with Gasteiger partial charge < -0.3 is 10.8 Å². The lowest BCUT2D eigenvalue weighted by atomic mass is 10.0. The van der Waals surface area contributed by atoms with Crippen molar-refractivity contribution in [3.8, 4) is 11.4 Å². The second kappa shape index (κ2) is 6.83. The van der Waals surface area contributed by atoms with Gasteiger partial charge in [0.25, 0.3) is 0 Å². The molecule has 3 N–H and O–H groups in total. The van der Waals surface area contributed by atoms with E-state index in [4.69, 9.17) is 5.73 Å². The van der Waals surface area contributed by atoms with Crippen molar-refractivity contribution in [1.29, 1.82) is 0 Å². The summed E-state index contributed by atoms with van der Waals surface area (Å²) in [6, 6.07) is 2.74. The van der Waals surface area contributed by atoms with Crippen molar-refractivity contribution in [1.82, 2.24) is 29.9 Å². The number of fused-ring (bicyclic) bond motifs is 1. The number of hydrogen-bond donors (Lipinski definition) is 2. The molecule has 0 aliphatic rings. The van der Waals surface area contributed by atoms with E-state index in [2.05, 4.69) is 41.2 Å². The van der Waals surface area contributed by atoms with Crippen molar-refractivity contribution in [2.75, 3.05) is 5.73 Å². The lowest BCUT2D eigenvalue weighted by Gasteiger charge is -2.17. The Morgan fingerprint density at radius 1 is 1.29 bits per heavy atom. The summed E-state index contributed by atoms with van der Waals surface area (Å²) < 4.78 is 17.3. The second-order valence-electron chi connectivity index (χ2n) is 6.68. The van der Waals surface area contributed by atoms with Gasteiger partial charge in [0.05, 0.1) is 33.3 Å². The topological polar surface area (TPSA) is 116 Å². The molecule has 144 valence electrons. The number of hydrogen-bond acceptors (Lipinski definition) is 8. The van der Waals surface area contributed by atoms with E-state index >= 15 is 0 Å². The Kier molecular flexibility index (Phi) is 4.60. The van der Waals surface area contributed by atoms with Crippen molar-refractivity contribution < 1.29 is 9.50 Å². The molecule has 4 heterocycles. The minimum absolute atomic E-state index is 0.0561. The largest absolute Gasteiger partial charge is 0.384 e. The second-order valence-corrected chi connectivity index (χ2v) is 8.41. The van der Waals surface area contributed by atoms with Crippen LogP contribution in [-0.2, 0) is 12.1 Å². The van der Waals surface area contributed by atoms with E-state index in [1.54, 1.807) is 20.0 Å². The third kappa shape index (κ3) is 3.48. The smallest absolute Gasteiger partial charge is 0.221 e. The molecule has 0 radical (unpaired) electrons. The molecular formula is C17H15BrFN7OS. The third-order valence-corrected chi connectivity index (χ3v) is 5.91. The summed E-state index contributed by atoms with van der Waals surface area (Å²) in [7, 11) is 0. The highest BCUT2D eigenvalue weighted by Crippen LogP contribution is 2.35. The molecule has 0 spiro atoms. The first-order valence-electron chi connectivity index (χ1n) is 8.21. The van der Waals surface area contributed by atoms with Gasteiger partial charge in [-0.05, 0) is 41.9 Å². The van der Waals surface area contributed by atoms with Gasteiger partial charge in [0.15, 0.2) is 0 Å². The van der Waals surface area contributed by atoms with E-state index < -0.39 is 11.4 Å². The van der Waals surface area contributed by atoms with Gasteiger partial charge in [-0.3, -0.25) is 0 Å². The highest BCUT2D eigenvalue weighted by molar-refractivity contribution is 9.10. The molecule has 0 amide bonds. The van der Waals surface area contributed by atoms with Crippen LogP contribution in [0.15, 0.2) is 28.2 Å². The van der Waals surface area contributed by atoms with E-state index in [1.165, 1.54) is 28.2 Å². The number of pyridine rings is 1. The van der Waals surface area contributed by atoms with E-state index in [-0.39, 0.29) is 18.2 Å². The fourth-order valence-corrected chi connectivity index (χ4v) is 4.22. The van der Waals surface area contributed by atoms with Gasteiger partial charge in [0.2, 0.25) is 5.95 Å². The molecule has 4 aromatic rings. The van der Waals surface area contributed by atoms with Crippen molar-refractivity contribution >= 4 is 43.4 Å². The first-order valence-corrected chi connectivity index (χ1v) is 9.88. The van der Waals surface area contributed by atoms with Crippen LogP contribution in [0.1, 0.15) is 25.2 Å². The number of nitrogens with two attached hydrogens (primary N) is 1. The summed E-state index contributed by atoms with van der Waals surface area (Å²) in [5.74, 6) is -0.359. The molecule has 28 heavy (non-hydrogen) atoms. The van der Waals surface area contributed by atoms with Crippen LogP contribution in [0.2, 0.25) is 0 Å². The van der Waals surface area contributed by atoms with Crippen molar-refractivity contribution in [2.45, 2.75) is 26.0 Å². The number of nitrogen functional groups attached to an aromatic ring is 1. The third-order valence-electron chi connectivity index (χ3n) is 4.03. The molecule has 0 saturated carbocycles. The summed E-state index contributed by atoms with van der Waals surface area (Å²) in [4.78, 5) is 12.7. The molecule has 8 nitrogen and oxygen atoms in total. The highest BCUT2D eigenvalue weighted by Gasteiger charge is 2.20. The van der Waals surface area contributed by atoms with Crippen LogP contribution in [0.4, 0.5) is 10.3 Å². The summed E-state index contributed by atoms with van der Waals surface area (Å²) in [6.07, 6.45) is 1.65. The maximum absolute atomic E-state index is 14.2. The number of aromatic nitrogens is 6. The molecule has 0 bridgehead atoms. The van der Waals surface area contributed by atoms with Gasteiger partial charge in [-0.2, -0.15) is 0 Å². The van der Waals surface area contributed by atoms with E-state index in [0.717, 1.165) is 9.17 Å². The van der Waals surface area contributed by atoms with E-state index in [0.29, 0.717) is 22.6 Å². The Balaban J connectivity index is 1.70. The van der Waals surface area contributed by atoms with Crippen LogP contribution in [0.25, 0.3) is 21.6 Å². The molecular weight excluding hydrogens is 449 g/mol. The quantitative estimate of drug-likeness (QED) is 0.477. The Morgan fingerprint density at radius 3 is 2.82 bits per heavy atom. The molecule has 4 aromatic heterocycles. The summed E-state index contributed by atoms with van der Waals surface area (Å²) in [5.41, 5.74) is 6.93. The van der Waals surface area contributed by atoms with Gasteiger partial charge in [-0.15, -0.1) is 16.4 Å². The number of thiophene rings is 1. The van der Waals surface area contributed by atoms with Crippen LogP contribution in [-0.4, -0.2) is 35.1 Å². The fraction of sp³-hybridized carbons (Fsp3) is 0.235. The molecule has 0 aromatic carbocycles. The predicted molar refractivity (Wildman–Crippen MR) is 107 cm³/mol. The molecule has 0 atom stereocenters. The van der Waals surface area contributed by atoms with Crippen LogP contribution in [0, 0.1) is 5.82 Å². The maximum Gasteiger partial charge on any atom is 0.221 e. The normalized spacial score (nSPS) is 12.0. The van der Waals surface area contributed by atoms with Gasteiger partial charge in [-0.1, -0.05) is 5.21 Å². The summed E-state index contributed by atoms with van der Waals surface area (Å²) in [5, 5.41) is 20.2. The summed E-state index contributed by atoms with van der Waals surface area (Å²) in [6.45, 7) is 3.24. The average Bonchev–Trinajstić information content (AvgIpc) is 3.23. The predicted octanol–water partition coefficient (Wildman–Crippen LogP) is 3.10. The number of rotatable bonds is 4. The van der Waals surface area contributed by atoms with Crippen molar-refractivity contribution in [2.24, 2.45) is 0 Å². The van der Waals surface area contributed by atoms with Crippen molar-refractivity contribution in [3.63, 3.8) is 0 Å². The van der Waals surface area contributed by atoms with E-state index in [1.807, 2.05) is 5.38 Å². The van der Waals surface area contributed by atoms with Crippen LogP contribution in [0.5, 0.6) is 0 Å². The van der Waals surface area contributed by atoms with Gasteiger partial charge in [-0.25, -0.2) is 24.0 Å². The van der Waals surface area contributed by atoms with E-state index in [9.17, 15) is 9.50 Å². The molecule has 0 aliphatic heterocycles. The molecule has 0 saturated heterocycles. The lowest BCUT2D eigenvalue weighted by Crippen LogP contribution is -2.19. The zero-order valence-electron chi connectivity index (χ0n) is 14.9. The monoisotopic (exact) mass is 463 g/mol. The maximum atomic E-state index is 14.2. The average molecular weight is 464 g/mol. The number of nitrogens with zero attached hydrogens (tertiary/aromatic N) is 6. The van der Waals surface area contributed by atoms with Crippen molar-refractivity contribution in [3.05, 3.63) is 45.4 Å². The van der Waals surface area contributed by atoms with Crippen LogP contribution < -0.4 is 5.73 Å². The molecule has 0 aliphatic carbocycles. The minimum atomic E-state index is -1.17. The Hall–Kier alpha value is -2.50. The molecule has 11 heteroatoms. The number of halogens is 2. The number of anilines is 1. The van der Waals surface area contributed by atoms with Gasteiger partial charge in [0, 0.05) is 5.38 Å². The summed E-state index contributed by atoms with van der Waals surface area (Å²) >= 11 is 4.90. The first-order chi connectivity index (χ1) is 13.2. The Labute approximate surface area is 171 Å². The van der Waals surface area contributed by atoms with Crippen LogP contribution in [0.3, 0.4) is 0 Å². The zero-order chi connectivity index (χ0) is 20.1. The minimum Gasteiger partial charge on any atom is -0.384 e. The number of aliphatic hydroxyl groups is 1. The van der Waals surface area contributed by atoms with Gasteiger partial charge >= 0.3 is 0 Å². The first kappa shape index (κ1) is 18.8. The molecule has 0 fully saturated rings. The SMILES string of the molecule is CC(C)(O)c1ccc(F)c(Cn2cc(-c3nc(N)nc4c(Br)csc34)nn2)n1. The Morgan fingerprint density at radius 2 is 2.07 bits per heavy atom. The standard InChI is InChI=1S/C17H15BrFN7OS/c1-17(2,27)12-4-3-9(19)10(21-12)5-26-6-11(24-25-26)14-15-13(8(18)7-28-15)22-16(20)23-14/h3-4,6-7,27H,5H2,1-2H3,(H2,20,22,23). The molecule has 0 unspecified atom stereocenters. The molecule has 4 rings (SSSR count). The van der Waals surface area contributed by atoms with Crippen LogP contribution >= 0.6 is 27.3 Å². The van der Waals surface area contributed by atoms with Gasteiger partial charge in [0.1, 0.15) is 28.3 Å². The highest BCUT2D eigenvalue weighted by atomic mass is 79.9. The fourth-order valence-electron chi connectivity index (χ4n) is 2.65. The zero-order valence-corrected chi connectivity index (χ0v) is 17.3. The lowest BCUT2D eigenvalue weighted by molar-refractivity contribution is 0.0734.